The zero-order valence-electron chi connectivity index (χ0n) is 13.6. The molecule has 7 heteroatoms. The Morgan fingerprint density at radius 3 is 2.71 bits per heavy atom. The lowest BCUT2D eigenvalue weighted by molar-refractivity contribution is -0.126. The molecule has 1 atom stereocenters. The van der Waals surface area contributed by atoms with Gasteiger partial charge < -0.3 is 14.4 Å². The molecule has 0 saturated carbocycles. The number of benzene rings is 1. The maximum atomic E-state index is 12.2. The molecule has 0 radical (unpaired) electrons. The van der Waals surface area contributed by atoms with Crippen molar-refractivity contribution in [2.45, 2.75) is 18.9 Å². The first-order valence-corrected chi connectivity index (χ1v) is 9.82. The molecule has 1 saturated heterocycles. The summed E-state index contributed by atoms with van der Waals surface area (Å²) in [7, 11) is -1.36. The minimum Gasteiger partial charge on any atom is -0.490 e. The minimum absolute atomic E-state index is 0.0487. The van der Waals surface area contributed by atoms with E-state index in [0.29, 0.717) is 31.1 Å². The third-order valence-corrected chi connectivity index (χ3v) is 6.04. The van der Waals surface area contributed by atoms with Gasteiger partial charge in [0.1, 0.15) is 0 Å². The van der Waals surface area contributed by atoms with E-state index in [-0.39, 0.29) is 23.5 Å². The van der Waals surface area contributed by atoms with Crippen molar-refractivity contribution in [3.63, 3.8) is 0 Å². The maximum absolute atomic E-state index is 12.2. The summed E-state index contributed by atoms with van der Waals surface area (Å²) in [4.78, 5) is 13.8. The van der Waals surface area contributed by atoms with Crippen LogP contribution in [0.4, 0.5) is 0 Å². The Hall–Kier alpha value is -2.02. The van der Waals surface area contributed by atoms with E-state index < -0.39 is 9.84 Å². The van der Waals surface area contributed by atoms with Gasteiger partial charge in [-0.3, -0.25) is 4.79 Å². The summed E-state index contributed by atoms with van der Waals surface area (Å²) in [6.45, 7) is 1.24. The standard InChI is InChI=1S/C17H21NO5S/c1-18(14-7-10-24(20,21)12-14)17(19)6-4-13-3-5-15-16(11-13)23-9-2-8-22-15/h3-6,11,14H,2,7-10,12H2,1H3/b6-4+. The molecule has 1 aromatic rings. The Morgan fingerprint density at radius 2 is 2.00 bits per heavy atom. The van der Waals surface area contributed by atoms with Crippen LogP contribution < -0.4 is 9.47 Å². The molecule has 1 fully saturated rings. The quantitative estimate of drug-likeness (QED) is 0.772. The molecule has 1 aromatic carbocycles. The van der Waals surface area contributed by atoms with E-state index in [1.807, 2.05) is 18.2 Å². The van der Waals surface area contributed by atoms with Gasteiger partial charge in [-0.15, -0.1) is 0 Å². The first kappa shape index (κ1) is 16.8. The average Bonchev–Trinajstić information content (AvgIpc) is 2.78. The van der Waals surface area contributed by atoms with Crippen LogP contribution in [0.5, 0.6) is 11.5 Å². The average molecular weight is 351 g/mol. The first-order chi connectivity index (χ1) is 11.4. The van der Waals surface area contributed by atoms with Crippen LogP contribution in [0.25, 0.3) is 6.08 Å². The lowest BCUT2D eigenvalue weighted by Gasteiger charge is -2.21. The van der Waals surface area contributed by atoms with Crippen molar-refractivity contribution < 1.29 is 22.7 Å². The first-order valence-electron chi connectivity index (χ1n) is 7.99. The topological polar surface area (TPSA) is 72.9 Å². The normalized spacial score (nSPS) is 22.3. The van der Waals surface area contributed by atoms with Crippen LogP contribution in [-0.4, -0.2) is 57.0 Å². The molecular weight excluding hydrogens is 330 g/mol. The van der Waals surface area contributed by atoms with Crippen LogP contribution in [0.15, 0.2) is 24.3 Å². The van der Waals surface area contributed by atoms with E-state index in [2.05, 4.69) is 0 Å². The summed E-state index contributed by atoms with van der Waals surface area (Å²) in [6.07, 6.45) is 4.51. The Bertz CT molecular complexity index is 756. The monoisotopic (exact) mass is 351 g/mol. The summed E-state index contributed by atoms with van der Waals surface area (Å²) in [6, 6.07) is 5.29. The molecule has 0 aromatic heterocycles. The Morgan fingerprint density at radius 1 is 1.25 bits per heavy atom. The van der Waals surface area contributed by atoms with E-state index in [4.69, 9.17) is 9.47 Å². The fourth-order valence-corrected chi connectivity index (χ4v) is 4.60. The lowest BCUT2D eigenvalue weighted by Crippen LogP contribution is -2.36. The second kappa shape index (κ2) is 6.84. The van der Waals surface area contributed by atoms with Crippen molar-refractivity contribution in [3.8, 4) is 11.5 Å². The summed E-state index contributed by atoms with van der Waals surface area (Å²) in [5, 5.41) is 0. The molecule has 2 aliphatic rings. The van der Waals surface area contributed by atoms with Gasteiger partial charge in [0, 0.05) is 25.6 Å². The van der Waals surface area contributed by atoms with Crippen LogP contribution in [-0.2, 0) is 14.6 Å². The van der Waals surface area contributed by atoms with Gasteiger partial charge in [0.15, 0.2) is 21.3 Å². The number of hydrogen-bond acceptors (Lipinski definition) is 5. The molecule has 1 amide bonds. The largest absolute Gasteiger partial charge is 0.490 e. The van der Waals surface area contributed by atoms with Gasteiger partial charge >= 0.3 is 0 Å². The Kier molecular flexibility index (Phi) is 4.80. The molecule has 0 bridgehead atoms. The number of nitrogens with zero attached hydrogens (tertiary/aromatic N) is 1. The fraction of sp³-hybridized carbons (Fsp3) is 0.471. The SMILES string of the molecule is CN(C(=O)/C=C/c1ccc2c(c1)OCCCO2)C1CCS(=O)(=O)C1. The molecule has 2 heterocycles. The third kappa shape index (κ3) is 3.90. The van der Waals surface area contributed by atoms with Gasteiger partial charge in [0.2, 0.25) is 5.91 Å². The number of carbonyl (C=O) groups excluding carboxylic acids is 1. The van der Waals surface area contributed by atoms with Crippen LogP contribution in [0.2, 0.25) is 0 Å². The van der Waals surface area contributed by atoms with E-state index in [9.17, 15) is 13.2 Å². The molecule has 130 valence electrons. The molecule has 0 aliphatic carbocycles. The zero-order chi connectivity index (χ0) is 17.2. The van der Waals surface area contributed by atoms with Crippen molar-refractivity contribution in [1.82, 2.24) is 4.90 Å². The molecule has 1 unspecified atom stereocenters. The van der Waals surface area contributed by atoms with Crippen molar-refractivity contribution in [2.24, 2.45) is 0 Å². The minimum atomic E-state index is -3.00. The van der Waals surface area contributed by atoms with Gasteiger partial charge in [0.25, 0.3) is 0 Å². The number of ether oxygens (including phenoxy) is 2. The number of rotatable bonds is 3. The second-order valence-corrected chi connectivity index (χ2v) is 8.32. The van der Waals surface area contributed by atoms with Crippen LogP contribution in [0, 0.1) is 0 Å². The Balaban J connectivity index is 1.67. The Labute approximate surface area is 142 Å². The summed E-state index contributed by atoms with van der Waals surface area (Å²) < 4.78 is 34.3. The predicted molar refractivity (Wildman–Crippen MR) is 90.9 cm³/mol. The highest BCUT2D eigenvalue weighted by atomic mass is 32.2. The third-order valence-electron chi connectivity index (χ3n) is 4.29. The maximum Gasteiger partial charge on any atom is 0.246 e. The van der Waals surface area contributed by atoms with Gasteiger partial charge in [0.05, 0.1) is 24.7 Å². The zero-order valence-corrected chi connectivity index (χ0v) is 14.4. The van der Waals surface area contributed by atoms with Gasteiger partial charge in [-0.1, -0.05) is 6.07 Å². The number of amides is 1. The van der Waals surface area contributed by atoms with E-state index >= 15 is 0 Å². The van der Waals surface area contributed by atoms with E-state index in [1.54, 1.807) is 13.1 Å². The molecule has 24 heavy (non-hydrogen) atoms. The van der Waals surface area contributed by atoms with Crippen LogP contribution in [0.1, 0.15) is 18.4 Å². The van der Waals surface area contributed by atoms with Crippen molar-refractivity contribution in [1.29, 1.82) is 0 Å². The number of likely N-dealkylation sites (N-methyl/N-ethyl adjacent to an activating group) is 1. The van der Waals surface area contributed by atoms with Gasteiger partial charge in [-0.2, -0.15) is 0 Å². The molecule has 3 rings (SSSR count). The number of hydrogen-bond donors (Lipinski definition) is 0. The lowest BCUT2D eigenvalue weighted by atomic mass is 10.1. The summed E-state index contributed by atoms with van der Waals surface area (Å²) in [5.74, 6) is 1.39. The van der Waals surface area contributed by atoms with Crippen molar-refractivity contribution >= 4 is 21.8 Å². The highest BCUT2D eigenvalue weighted by Gasteiger charge is 2.32. The number of fused-ring (bicyclic) bond motifs is 1. The van der Waals surface area contributed by atoms with Gasteiger partial charge in [-0.25, -0.2) is 8.42 Å². The predicted octanol–water partition coefficient (Wildman–Crippen LogP) is 1.51. The van der Waals surface area contributed by atoms with Crippen molar-refractivity contribution in [2.75, 3.05) is 31.8 Å². The fourth-order valence-electron chi connectivity index (χ4n) is 2.83. The van der Waals surface area contributed by atoms with E-state index in [1.165, 1.54) is 11.0 Å². The van der Waals surface area contributed by atoms with Crippen LogP contribution >= 0.6 is 0 Å². The summed E-state index contributed by atoms with van der Waals surface area (Å²) >= 11 is 0. The van der Waals surface area contributed by atoms with E-state index in [0.717, 1.165) is 12.0 Å². The second-order valence-electron chi connectivity index (χ2n) is 6.10. The molecule has 2 aliphatic heterocycles. The van der Waals surface area contributed by atoms with Crippen molar-refractivity contribution in [3.05, 3.63) is 29.8 Å². The number of carbonyl (C=O) groups is 1. The highest BCUT2D eigenvalue weighted by molar-refractivity contribution is 7.91. The molecule has 0 spiro atoms. The van der Waals surface area contributed by atoms with Gasteiger partial charge in [-0.05, 0) is 30.2 Å². The molecule has 0 N–H and O–H groups in total. The molecular formula is C17H21NO5S. The number of sulfone groups is 1. The smallest absolute Gasteiger partial charge is 0.246 e. The highest BCUT2D eigenvalue weighted by Crippen LogP contribution is 2.30. The van der Waals surface area contributed by atoms with Crippen LogP contribution in [0.3, 0.4) is 0 Å². The summed E-state index contributed by atoms with van der Waals surface area (Å²) in [5.41, 5.74) is 0.833. The molecule has 6 nitrogen and oxygen atoms in total.